The highest BCUT2D eigenvalue weighted by Crippen LogP contribution is 2.03. The van der Waals surface area contributed by atoms with Crippen molar-refractivity contribution < 1.29 is 0 Å². The lowest BCUT2D eigenvalue weighted by Crippen LogP contribution is -2.13. The Labute approximate surface area is 79.7 Å². The lowest BCUT2D eigenvalue weighted by molar-refractivity contribution is 0.674. The van der Waals surface area contributed by atoms with Crippen LogP contribution in [0.25, 0.3) is 6.08 Å². The van der Waals surface area contributed by atoms with E-state index in [0.29, 0.717) is 0 Å². The van der Waals surface area contributed by atoms with E-state index in [4.69, 9.17) is 0 Å². The smallest absolute Gasteiger partial charge is 0.0340 e. The van der Waals surface area contributed by atoms with Crippen molar-refractivity contribution >= 4 is 6.08 Å². The maximum absolute atomic E-state index is 4.12. The van der Waals surface area contributed by atoms with Gasteiger partial charge < -0.3 is 5.32 Å². The fourth-order valence-corrected chi connectivity index (χ4v) is 1.13. The third kappa shape index (κ3) is 3.38. The molecule has 1 N–H and O–H groups in total. The Morgan fingerprint density at radius 1 is 1.54 bits per heavy atom. The minimum atomic E-state index is 0.891. The summed E-state index contributed by atoms with van der Waals surface area (Å²) >= 11 is 0. The Kier molecular flexibility index (Phi) is 4.19. The van der Waals surface area contributed by atoms with Crippen LogP contribution in [0.5, 0.6) is 0 Å². The molecule has 0 aliphatic rings. The molecule has 0 amide bonds. The molecule has 0 radical (unpaired) electrons. The summed E-state index contributed by atoms with van der Waals surface area (Å²) in [6, 6.07) is 2.10. The molecule has 13 heavy (non-hydrogen) atoms. The Morgan fingerprint density at radius 3 is 3.08 bits per heavy atom. The van der Waals surface area contributed by atoms with E-state index in [0.717, 1.165) is 25.1 Å². The average Bonchev–Trinajstić information content (AvgIpc) is 2.19. The highest BCUT2D eigenvalue weighted by Gasteiger charge is 1.93. The number of nitrogens with one attached hydrogen (secondary N) is 1. The molecule has 0 aliphatic heterocycles. The molecule has 0 aromatic carbocycles. The normalized spacial score (nSPS) is 9.92. The maximum atomic E-state index is 4.12. The molecule has 0 fully saturated rings. The van der Waals surface area contributed by atoms with E-state index >= 15 is 0 Å². The van der Waals surface area contributed by atoms with Crippen molar-refractivity contribution in [2.75, 3.05) is 6.54 Å². The highest BCUT2D eigenvalue weighted by atomic mass is 14.8. The second kappa shape index (κ2) is 5.49. The largest absolute Gasteiger partial charge is 0.313 e. The van der Waals surface area contributed by atoms with Gasteiger partial charge in [-0.15, -0.1) is 0 Å². The van der Waals surface area contributed by atoms with Crippen molar-refractivity contribution in [2.24, 2.45) is 0 Å². The van der Waals surface area contributed by atoms with Crippen LogP contribution in [0.15, 0.2) is 25.0 Å². The Hall–Kier alpha value is -1.15. The third-order valence-corrected chi connectivity index (χ3v) is 1.81. The van der Waals surface area contributed by atoms with Gasteiger partial charge in [0.2, 0.25) is 0 Å². The molecule has 70 valence electrons. The zero-order valence-corrected chi connectivity index (χ0v) is 8.09. The number of hydrogen-bond acceptors (Lipinski definition) is 2. The Bertz CT molecular complexity index is 269. The topological polar surface area (TPSA) is 24.9 Å². The molecule has 0 spiro atoms. The first kappa shape index (κ1) is 9.93. The highest BCUT2D eigenvalue weighted by molar-refractivity contribution is 5.45. The Morgan fingerprint density at radius 2 is 2.38 bits per heavy atom. The molecule has 0 aliphatic carbocycles. The van der Waals surface area contributed by atoms with Crippen molar-refractivity contribution in [3.63, 3.8) is 0 Å². The van der Waals surface area contributed by atoms with Gasteiger partial charge in [-0.3, -0.25) is 4.98 Å². The van der Waals surface area contributed by atoms with E-state index < -0.39 is 0 Å². The van der Waals surface area contributed by atoms with E-state index in [1.54, 1.807) is 0 Å². The summed E-state index contributed by atoms with van der Waals surface area (Å²) in [5.74, 6) is 0. The molecule has 0 bridgehead atoms. The first-order chi connectivity index (χ1) is 6.36. The monoisotopic (exact) mass is 176 g/mol. The third-order valence-electron chi connectivity index (χ3n) is 1.81. The zero-order chi connectivity index (χ0) is 9.52. The number of nitrogens with zero attached hydrogens (tertiary/aromatic N) is 1. The molecule has 0 unspecified atom stereocenters. The second-order valence-corrected chi connectivity index (χ2v) is 3.01. The van der Waals surface area contributed by atoms with Crippen molar-refractivity contribution in [3.05, 3.63) is 36.2 Å². The van der Waals surface area contributed by atoms with Crippen LogP contribution < -0.4 is 5.32 Å². The van der Waals surface area contributed by atoms with Gasteiger partial charge in [0.15, 0.2) is 0 Å². The zero-order valence-electron chi connectivity index (χ0n) is 8.09. The number of pyridine rings is 1. The molecule has 1 heterocycles. The van der Waals surface area contributed by atoms with E-state index in [1.165, 1.54) is 5.56 Å². The number of hydrogen-bond donors (Lipinski definition) is 1. The van der Waals surface area contributed by atoms with Crippen molar-refractivity contribution in [1.29, 1.82) is 0 Å². The summed E-state index contributed by atoms with van der Waals surface area (Å²) in [7, 11) is 0. The van der Waals surface area contributed by atoms with Gasteiger partial charge in [-0.05, 0) is 30.2 Å². The van der Waals surface area contributed by atoms with Gasteiger partial charge in [-0.25, -0.2) is 0 Å². The molecule has 2 nitrogen and oxygen atoms in total. The predicted octanol–water partition coefficient (Wildman–Crippen LogP) is 2.22. The van der Waals surface area contributed by atoms with Gasteiger partial charge in [0.25, 0.3) is 0 Å². The average molecular weight is 176 g/mol. The molecular formula is C11H16N2. The van der Waals surface area contributed by atoms with Gasteiger partial charge in [0.05, 0.1) is 0 Å². The maximum Gasteiger partial charge on any atom is 0.0340 e. The van der Waals surface area contributed by atoms with E-state index in [1.807, 2.05) is 18.5 Å². The number of aromatic nitrogens is 1. The van der Waals surface area contributed by atoms with Crippen LogP contribution in [0, 0.1) is 0 Å². The summed E-state index contributed by atoms with van der Waals surface area (Å²) in [5, 5.41) is 3.33. The Balaban J connectivity index is 2.51. The quantitative estimate of drug-likeness (QED) is 0.696. The van der Waals surface area contributed by atoms with Crippen molar-refractivity contribution in [3.8, 4) is 0 Å². The lowest BCUT2D eigenvalue weighted by atomic mass is 10.2. The van der Waals surface area contributed by atoms with E-state index in [-0.39, 0.29) is 0 Å². The second-order valence-electron chi connectivity index (χ2n) is 3.01. The predicted molar refractivity (Wildman–Crippen MR) is 56.3 cm³/mol. The van der Waals surface area contributed by atoms with Gasteiger partial charge in [-0.1, -0.05) is 19.6 Å². The fourth-order valence-electron chi connectivity index (χ4n) is 1.13. The van der Waals surface area contributed by atoms with Crippen LogP contribution in [0.1, 0.15) is 24.5 Å². The first-order valence-electron chi connectivity index (χ1n) is 4.64. The van der Waals surface area contributed by atoms with Crippen LogP contribution in [0.2, 0.25) is 0 Å². The van der Waals surface area contributed by atoms with Crippen LogP contribution in [-0.2, 0) is 6.54 Å². The molecule has 1 aromatic heterocycles. The SMILES string of the molecule is C=Cc1cncc(CNCCC)c1. The lowest BCUT2D eigenvalue weighted by Gasteiger charge is -2.03. The molecule has 0 saturated carbocycles. The van der Waals surface area contributed by atoms with Crippen LogP contribution >= 0.6 is 0 Å². The molecule has 1 aromatic rings. The van der Waals surface area contributed by atoms with E-state index in [2.05, 4.69) is 29.9 Å². The van der Waals surface area contributed by atoms with Crippen LogP contribution in [-0.4, -0.2) is 11.5 Å². The molecule has 0 atom stereocenters. The molecule has 2 heteroatoms. The summed E-state index contributed by atoms with van der Waals surface area (Å²) in [4.78, 5) is 4.12. The number of rotatable bonds is 5. The minimum absolute atomic E-state index is 0.891. The molecule has 0 saturated heterocycles. The molecular weight excluding hydrogens is 160 g/mol. The van der Waals surface area contributed by atoms with Crippen molar-refractivity contribution in [2.45, 2.75) is 19.9 Å². The fraction of sp³-hybridized carbons (Fsp3) is 0.364. The summed E-state index contributed by atoms with van der Waals surface area (Å²) < 4.78 is 0. The summed E-state index contributed by atoms with van der Waals surface area (Å²) in [6.45, 7) is 7.81. The summed E-state index contributed by atoms with van der Waals surface area (Å²) in [6.07, 6.45) is 6.68. The summed E-state index contributed by atoms with van der Waals surface area (Å²) in [5.41, 5.74) is 2.29. The van der Waals surface area contributed by atoms with Gasteiger partial charge in [0.1, 0.15) is 0 Å². The van der Waals surface area contributed by atoms with Crippen molar-refractivity contribution in [1.82, 2.24) is 10.3 Å². The first-order valence-corrected chi connectivity index (χ1v) is 4.64. The van der Waals surface area contributed by atoms with Gasteiger partial charge >= 0.3 is 0 Å². The van der Waals surface area contributed by atoms with Crippen LogP contribution in [0.4, 0.5) is 0 Å². The standard InChI is InChI=1S/C11H16N2/c1-3-5-12-8-11-6-10(4-2)7-13-9-11/h4,6-7,9,12H,2-3,5,8H2,1H3. The molecule has 1 rings (SSSR count). The van der Waals surface area contributed by atoms with Gasteiger partial charge in [-0.2, -0.15) is 0 Å². The van der Waals surface area contributed by atoms with E-state index in [9.17, 15) is 0 Å². The van der Waals surface area contributed by atoms with Gasteiger partial charge in [0, 0.05) is 18.9 Å². The van der Waals surface area contributed by atoms with Crippen LogP contribution in [0.3, 0.4) is 0 Å². The minimum Gasteiger partial charge on any atom is -0.313 e.